The van der Waals surface area contributed by atoms with Crippen LogP contribution in [0.25, 0.3) is 0 Å². The van der Waals surface area contributed by atoms with Gasteiger partial charge in [-0.1, -0.05) is 55.4 Å². The van der Waals surface area contributed by atoms with Crippen LogP contribution in [0, 0.1) is 28.1 Å². The Morgan fingerprint density at radius 2 is 1.06 bits per heavy atom. The summed E-state index contributed by atoms with van der Waals surface area (Å²) in [5.74, 6) is 1.78. The van der Waals surface area contributed by atoms with Gasteiger partial charge in [-0.05, 0) is 47.3 Å². The molecule has 0 nitrogen and oxygen atoms in total. The molecule has 0 aromatic rings. The van der Waals surface area contributed by atoms with Crippen molar-refractivity contribution < 1.29 is 0 Å². The lowest BCUT2D eigenvalue weighted by Gasteiger charge is -2.49. The predicted molar refractivity (Wildman–Crippen MR) is 73.5 cm³/mol. The second-order valence-electron chi connectivity index (χ2n) is 8.93. The second-order valence-corrected chi connectivity index (χ2v) is 8.93. The number of rotatable bonds is 0. The van der Waals surface area contributed by atoms with E-state index >= 15 is 0 Å². The van der Waals surface area contributed by atoms with E-state index in [1.54, 1.807) is 0 Å². The maximum absolute atomic E-state index is 2.46. The molecule has 0 heteroatoms. The summed E-state index contributed by atoms with van der Waals surface area (Å²) >= 11 is 0. The molecule has 0 radical (unpaired) electrons. The van der Waals surface area contributed by atoms with Gasteiger partial charge in [-0.2, -0.15) is 0 Å². The van der Waals surface area contributed by atoms with E-state index in [2.05, 4.69) is 55.4 Å². The first kappa shape index (κ1) is 14.1. The van der Waals surface area contributed by atoms with Gasteiger partial charge in [-0.25, -0.2) is 0 Å². The van der Waals surface area contributed by atoms with Crippen LogP contribution in [0.15, 0.2) is 0 Å². The van der Waals surface area contributed by atoms with Gasteiger partial charge in [0.05, 0.1) is 0 Å². The standard InChI is InChI=1S/C16H32/c1-14(2,3)12-9-13(15(4,5)6)11-16(7,8)10-12/h12-13H,9-11H2,1-8H3. The molecular weight excluding hydrogens is 192 g/mol. The first-order chi connectivity index (χ1) is 6.92. The Kier molecular flexibility index (Phi) is 3.54. The van der Waals surface area contributed by atoms with E-state index in [1.807, 2.05) is 0 Å². The molecule has 0 aliphatic heterocycles. The van der Waals surface area contributed by atoms with Crippen LogP contribution >= 0.6 is 0 Å². The van der Waals surface area contributed by atoms with Crippen LogP contribution in [0.1, 0.15) is 74.7 Å². The minimum atomic E-state index is 0.473. The quantitative estimate of drug-likeness (QED) is 0.508. The Balaban J connectivity index is 2.86. The van der Waals surface area contributed by atoms with Crippen molar-refractivity contribution >= 4 is 0 Å². The average molecular weight is 224 g/mol. The summed E-state index contributed by atoms with van der Waals surface area (Å²) in [6, 6.07) is 0. The molecule has 1 aliphatic carbocycles. The van der Waals surface area contributed by atoms with E-state index in [1.165, 1.54) is 19.3 Å². The van der Waals surface area contributed by atoms with E-state index < -0.39 is 0 Å². The van der Waals surface area contributed by atoms with Gasteiger partial charge in [0.15, 0.2) is 0 Å². The molecule has 0 bridgehead atoms. The van der Waals surface area contributed by atoms with Crippen LogP contribution in [-0.4, -0.2) is 0 Å². The lowest BCUT2D eigenvalue weighted by Crippen LogP contribution is -2.39. The fourth-order valence-electron chi connectivity index (χ4n) is 3.25. The molecule has 0 N–H and O–H groups in total. The van der Waals surface area contributed by atoms with Crippen LogP contribution in [-0.2, 0) is 0 Å². The average Bonchev–Trinajstić information content (AvgIpc) is 1.97. The van der Waals surface area contributed by atoms with Gasteiger partial charge < -0.3 is 0 Å². The minimum Gasteiger partial charge on any atom is -0.0599 e. The maximum Gasteiger partial charge on any atom is -0.0349 e. The first-order valence-corrected chi connectivity index (χ1v) is 6.92. The molecule has 2 unspecified atom stereocenters. The third-order valence-electron chi connectivity index (χ3n) is 4.62. The van der Waals surface area contributed by atoms with Gasteiger partial charge in [0.25, 0.3) is 0 Å². The molecule has 1 aliphatic rings. The Hall–Kier alpha value is 0. The summed E-state index contributed by atoms with van der Waals surface area (Å²) in [4.78, 5) is 0. The fraction of sp³-hybridized carbons (Fsp3) is 1.00. The lowest BCUT2D eigenvalue weighted by molar-refractivity contribution is 0.0133. The fourth-order valence-corrected chi connectivity index (χ4v) is 3.25. The van der Waals surface area contributed by atoms with E-state index in [4.69, 9.17) is 0 Å². The molecule has 96 valence electrons. The summed E-state index contributed by atoms with van der Waals surface area (Å²) in [5.41, 5.74) is 1.48. The van der Waals surface area contributed by atoms with Crippen molar-refractivity contribution in [2.75, 3.05) is 0 Å². The van der Waals surface area contributed by atoms with E-state index in [-0.39, 0.29) is 0 Å². The predicted octanol–water partition coefficient (Wildman–Crippen LogP) is 5.52. The molecule has 1 rings (SSSR count). The van der Waals surface area contributed by atoms with Gasteiger partial charge in [0, 0.05) is 0 Å². The van der Waals surface area contributed by atoms with Crippen LogP contribution in [0.2, 0.25) is 0 Å². The zero-order valence-corrected chi connectivity index (χ0v) is 12.8. The second kappa shape index (κ2) is 4.03. The SMILES string of the molecule is CC1(C)CC(C(C)(C)C)CC(C(C)(C)C)C1. The molecule has 0 saturated heterocycles. The molecular formula is C16H32. The van der Waals surface area contributed by atoms with Gasteiger partial charge in [0.1, 0.15) is 0 Å². The lowest BCUT2D eigenvalue weighted by atomic mass is 9.56. The highest BCUT2D eigenvalue weighted by atomic mass is 14.5. The van der Waals surface area contributed by atoms with Crippen molar-refractivity contribution in [1.29, 1.82) is 0 Å². The van der Waals surface area contributed by atoms with Crippen molar-refractivity contribution in [3.8, 4) is 0 Å². The van der Waals surface area contributed by atoms with E-state index in [9.17, 15) is 0 Å². The first-order valence-electron chi connectivity index (χ1n) is 6.92. The minimum absolute atomic E-state index is 0.473. The highest BCUT2D eigenvalue weighted by Gasteiger charge is 2.42. The third-order valence-corrected chi connectivity index (χ3v) is 4.62. The van der Waals surface area contributed by atoms with Crippen LogP contribution in [0.5, 0.6) is 0 Å². The van der Waals surface area contributed by atoms with Gasteiger partial charge in [-0.3, -0.25) is 0 Å². The molecule has 2 atom stereocenters. The summed E-state index contributed by atoms with van der Waals surface area (Å²) < 4.78 is 0. The highest BCUT2D eigenvalue weighted by Crippen LogP contribution is 2.52. The van der Waals surface area contributed by atoms with Gasteiger partial charge in [-0.15, -0.1) is 0 Å². The maximum atomic E-state index is 2.46. The van der Waals surface area contributed by atoms with Crippen molar-refractivity contribution in [2.24, 2.45) is 28.1 Å². The van der Waals surface area contributed by atoms with Crippen molar-refractivity contribution in [3.63, 3.8) is 0 Å². The molecule has 0 amide bonds. The van der Waals surface area contributed by atoms with Crippen molar-refractivity contribution in [2.45, 2.75) is 74.7 Å². The summed E-state index contributed by atoms with van der Waals surface area (Å²) in [5, 5.41) is 0. The van der Waals surface area contributed by atoms with E-state index in [0.717, 1.165) is 11.8 Å². The molecule has 1 saturated carbocycles. The Morgan fingerprint density at radius 1 is 0.750 bits per heavy atom. The van der Waals surface area contributed by atoms with E-state index in [0.29, 0.717) is 16.2 Å². The van der Waals surface area contributed by atoms with Gasteiger partial charge in [0.2, 0.25) is 0 Å². The smallest absolute Gasteiger partial charge is 0.0349 e. The monoisotopic (exact) mass is 224 g/mol. The van der Waals surface area contributed by atoms with Crippen molar-refractivity contribution in [1.82, 2.24) is 0 Å². The molecule has 0 aromatic carbocycles. The van der Waals surface area contributed by atoms with Crippen LogP contribution in [0.3, 0.4) is 0 Å². The molecule has 0 heterocycles. The highest BCUT2D eigenvalue weighted by molar-refractivity contribution is 4.92. The van der Waals surface area contributed by atoms with Gasteiger partial charge >= 0.3 is 0 Å². The number of hydrogen-bond acceptors (Lipinski definition) is 0. The molecule has 0 spiro atoms. The Bertz CT molecular complexity index is 210. The largest absolute Gasteiger partial charge is 0.0599 e. The zero-order valence-electron chi connectivity index (χ0n) is 12.8. The third kappa shape index (κ3) is 3.50. The topological polar surface area (TPSA) is 0 Å². The summed E-state index contributed by atoms with van der Waals surface area (Å²) in [6.07, 6.45) is 4.24. The van der Waals surface area contributed by atoms with Crippen molar-refractivity contribution in [3.05, 3.63) is 0 Å². The molecule has 1 fully saturated rings. The molecule has 16 heavy (non-hydrogen) atoms. The van der Waals surface area contributed by atoms with Crippen LogP contribution in [0.4, 0.5) is 0 Å². The number of hydrogen-bond donors (Lipinski definition) is 0. The summed E-state index contributed by atoms with van der Waals surface area (Å²) in [6.45, 7) is 19.4. The Morgan fingerprint density at radius 3 is 1.31 bits per heavy atom. The summed E-state index contributed by atoms with van der Waals surface area (Å²) in [7, 11) is 0. The molecule has 0 aromatic heterocycles. The Labute approximate surface area is 103 Å². The van der Waals surface area contributed by atoms with Crippen LogP contribution < -0.4 is 0 Å². The normalized spacial score (nSPS) is 31.5. The zero-order chi connectivity index (χ0) is 12.8.